The van der Waals surface area contributed by atoms with E-state index in [1.54, 1.807) is 12.1 Å². The van der Waals surface area contributed by atoms with Crippen LogP contribution in [0.5, 0.6) is 5.75 Å². The molecule has 0 atom stereocenters. The van der Waals surface area contributed by atoms with Crippen molar-refractivity contribution in [2.75, 3.05) is 0 Å². The monoisotopic (exact) mass is 296 g/mol. The van der Waals surface area contributed by atoms with E-state index >= 15 is 0 Å². The molecule has 0 radical (unpaired) electrons. The van der Waals surface area contributed by atoms with Crippen molar-refractivity contribution in [3.63, 3.8) is 0 Å². The van der Waals surface area contributed by atoms with E-state index in [1.807, 2.05) is 0 Å². The molecule has 0 saturated heterocycles. The van der Waals surface area contributed by atoms with Gasteiger partial charge >= 0.3 is 6.36 Å². The summed E-state index contributed by atoms with van der Waals surface area (Å²) in [6.45, 7) is 2.22. The van der Waals surface area contributed by atoms with Crippen LogP contribution in [0.2, 0.25) is 0 Å². The third-order valence-corrected chi connectivity index (χ3v) is 3.93. The lowest BCUT2D eigenvalue weighted by molar-refractivity contribution is -0.274. The standard InChI is InChI=1S/C17H19F3O/c1-2-13-3-5-14(6-4-13)7-8-15-9-11-16(12-10-15)21-17(18,19)20/h9-14H,2-6H2,1H3/t13-,14-. The fraction of sp³-hybridized carbons (Fsp3) is 0.529. The zero-order valence-electron chi connectivity index (χ0n) is 12.0. The van der Waals surface area contributed by atoms with Gasteiger partial charge in [0.2, 0.25) is 0 Å². The number of ether oxygens (including phenoxy) is 1. The summed E-state index contributed by atoms with van der Waals surface area (Å²) in [5.74, 6) is 7.33. The van der Waals surface area contributed by atoms with Gasteiger partial charge in [0.25, 0.3) is 0 Å². The molecule has 0 bridgehead atoms. The number of alkyl halides is 3. The van der Waals surface area contributed by atoms with Crippen LogP contribution < -0.4 is 4.74 Å². The summed E-state index contributed by atoms with van der Waals surface area (Å²) < 4.78 is 40.0. The number of benzene rings is 1. The van der Waals surface area contributed by atoms with Gasteiger partial charge in [0.15, 0.2) is 0 Å². The fourth-order valence-electron chi connectivity index (χ4n) is 2.64. The van der Waals surface area contributed by atoms with Crippen molar-refractivity contribution in [1.29, 1.82) is 0 Å². The van der Waals surface area contributed by atoms with Crippen molar-refractivity contribution in [2.45, 2.75) is 45.4 Å². The number of hydrogen-bond donors (Lipinski definition) is 0. The quantitative estimate of drug-likeness (QED) is 0.685. The molecule has 1 saturated carbocycles. The van der Waals surface area contributed by atoms with Gasteiger partial charge in [-0.3, -0.25) is 0 Å². The summed E-state index contributed by atoms with van der Waals surface area (Å²) in [4.78, 5) is 0. The van der Waals surface area contributed by atoms with Crippen molar-refractivity contribution in [3.05, 3.63) is 29.8 Å². The van der Waals surface area contributed by atoms with E-state index in [9.17, 15) is 13.2 Å². The first-order valence-corrected chi connectivity index (χ1v) is 7.33. The number of rotatable bonds is 2. The molecule has 1 aromatic carbocycles. The molecule has 0 amide bonds. The summed E-state index contributed by atoms with van der Waals surface area (Å²) >= 11 is 0. The molecule has 0 N–H and O–H groups in total. The second-order valence-corrected chi connectivity index (χ2v) is 5.47. The smallest absolute Gasteiger partial charge is 0.406 e. The largest absolute Gasteiger partial charge is 0.573 e. The lowest BCUT2D eigenvalue weighted by atomic mass is 9.81. The molecule has 0 aliphatic heterocycles. The second-order valence-electron chi connectivity index (χ2n) is 5.47. The van der Waals surface area contributed by atoms with Crippen LogP contribution in [0.1, 0.15) is 44.6 Å². The molecular weight excluding hydrogens is 277 g/mol. The maximum Gasteiger partial charge on any atom is 0.573 e. The molecule has 1 fully saturated rings. The molecule has 1 aliphatic rings. The predicted molar refractivity (Wildman–Crippen MR) is 75.7 cm³/mol. The van der Waals surface area contributed by atoms with Crippen molar-refractivity contribution < 1.29 is 17.9 Å². The van der Waals surface area contributed by atoms with Crippen LogP contribution in [0.4, 0.5) is 13.2 Å². The molecule has 1 nitrogen and oxygen atoms in total. The number of halogens is 3. The summed E-state index contributed by atoms with van der Waals surface area (Å²) in [6, 6.07) is 5.72. The predicted octanol–water partition coefficient (Wildman–Crippen LogP) is 5.15. The minimum Gasteiger partial charge on any atom is -0.406 e. The summed E-state index contributed by atoms with van der Waals surface area (Å²) in [5.41, 5.74) is 0.724. The SMILES string of the molecule is CC[C@H]1CC[C@H](C#Cc2ccc(OC(F)(F)F)cc2)CC1. The maximum absolute atomic E-state index is 12.0. The van der Waals surface area contributed by atoms with Gasteiger partial charge < -0.3 is 4.74 Å². The van der Waals surface area contributed by atoms with Crippen molar-refractivity contribution >= 4 is 0 Å². The average molecular weight is 296 g/mol. The van der Waals surface area contributed by atoms with Crippen molar-refractivity contribution in [1.82, 2.24) is 0 Å². The Labute approximate surface area is 123 Å². The molecule has 4 heteroatoms. The van der Waals surface area contributed by atoms with Crippen LogP contribution in [-0.4, -0.2) is 6.36 Å². The first-order chi connectivity index (χ1) is 9.96. The fourth-order valence-corrected chi connectivity index (χ4v) is 2.64. The summed E-state index contributed by atoms with van der Waals surface area (Å²) in [7, 11) is 0. The zero-order valence-corrected chi connectivity index (χ0v) is 12.0. The van der Waals surface area contributed by atoms with Gasteiger partial charge in [-0.05, 0) is 55.9 Å². The lowest BCUT2D eigenvalue weighted by Gasteiger charge is -2.24. The van der Waals surface area contributed by atoms with E-state index in [1.165, 1.54) is 31.4 Å². The van der Waals surface area contributed by atoms with Crippen LogP contribution in [-0.2, 0) is 0 Å². The third kappa shape index (κ3) is 5.34. The van der Waals surface area contributed by atoms with Crippen molar-refractivity contribution in [3.8, 4) is 17.6 Å². The maximum atomic E-state index is 12.0. The Balaban J connectivity index is 1.91. The first-order valence-electron chi connectivity index (χ1n) is 7.33. The van der Waals surface area contributed by atoms with E-state index < -0.39 is 6.36 Å². The van der Waals surface area contributed by atoms with Crippen LogP contribution >= 0.6 is 0 Å². The molecule has 0 unspecified atom stereocenters. The minimum atomic E-state index is -4.65. The van der Waals surface area contributed by atoms with Gasteiger partial charge in [-0.1, -0.05) is 25.2 Å². The lowest BCUT2D eigenvalue weighted by Crippen LogP contribution is -2.16. The molecule has 114 valence electrons. The highest BCUT2D eigenvalue weighted by Crippen LogP contribution is 2.30. The highest BCUT2D eigenvalue weighted by molar-refractivity contribution is 5.38. The molecule has 0 aromatic heterocycles. The average Bonchev–Trinajstić information content (AvgIpc) is 2.45. The first kappa shape index (κ1) is 15.8. The Bertz CT molecular complexity index is 500. The van der Waals surface area contributed by atoms with Gasteiger partial charge in [0.05, 0.1) is 0 Å². The van der Waals surface area contributed by atoms with E-state index in [-0.39, 0.29) is 5.75 Å². The second kappa shape index (κ2) is 6.89. The molecule has 21 heavy (non-hydrogen) atoms. The topological polar surface area (TPSA) is 9.23 Å². The number of hydrogen-bond acceptors (Lipinski definition) is 1. The Morgan fingerprint density at radius 2 is 1.71 bits per heavy atom. The summed E-state index contributed by atoms with van der Waals surface area (Å²) in [6.07, 6.45) is 1.30. The van der Waals surface area contributed by atoms with E-state index in [4.69, 9.17) is 0 Å². The van der Waals surface area contributed by atoms with Crippen molar-refractivity contribution in [2.24, 2.45) is 11.8 Å². The van der Waals surface area contributed by atoms with Gasteiger partial charge in [-0.2, -0.15) is 0 Å². The Kier molecular flexibility index (Phi) is 5.17. The van der Waals surface area contributed by atoms with Crippen LogP contribution in [0, 0.1) is 23.7 Å². The molecule has 0 spiro atoms. The Morgan fingerprint density at radius 3 is 2.24 bits per heavy atom. The van der Waals surface area contributed by atoms with Gasteiger partial charge in [-0.25, -0.2) is 0 Å². The van der Waals surface area contributed by atoms with E-state index in [0.29, 0.717) is 5.92 Å². The Morgan fingerprint density at radius 1 is 1.10 bits per heavy atom. The van der Waals surface area contributed by atoms with E-state index in [2.05, 4.69) is 23.5 Å². The normalized spacial score (nSPS) is 22.3. The third-order valence-electron chi connectivity index (χ3n) is 3.93. The molecule has 1 aliphatic carbocycles. The van der Waals surface area contributed by atoms with Gasteiger partial charge in [0.1, 0.15) is 5.75 Å². The molecule has 1 aromatic rings. The van der Waals surface area contributed by atoms with Crippen LogP contribution in [0.15, 0.2) is 24.3 Å². The van der Waals surface area contributed by atoms with Gasteiger partial charge in [0, 0.05) is 11.5 Å². The highest BCUT2D eigenvalue weighted by atomic mass is 19.4. The van der Waals surface area contributed by atoms with Crippen LogP contribution in [0.25, 0.3) is 0 Å². The van der Waals surface area contributed by atoms with Gasteiger partial charge in [-0.15, -0.1) is 13.2 Å². The molecule has 2 rings (SSSR count). The van der Waals surface area contributed by atoms with E-state index in [0.717, 1.165) is 24.3 Å². The zero-order chi connectivity index (χ0) is 15.3. The van der Waals surface area contributed by atoms with Crippen LogP contribution in [0.3, 0.4) is 0 Å². The Hall–Kier alpha value is -1.63. The molecular formula is C17H19F3O. The summed E-state index contributed by atoms with van der Waals surface area (Å²) in [5, 5.41) is 0. The highest BCUT2D eigenvalue weighted by Gasteiger charge is 2.30. The molecule has 0 heterocycles. The minimum absolute atomic E-state index is 0.212.